The lowest BCUT2D eigenvalue weighted by Crippen LogP contribution is -2.32. The number of fused-ring (bicyclic) bond motifs is 1. The van der Waals surface area contributed by atoms with E-state index in [1.807, 2.05) is 55.9 Å². The summed E-state index contributed by atoms with van der Waals surface area (Å²) in [6.45, 7) is 4.87. The molecule has 22 heavy (non-hydrogen) atoms. The van der Waals surface area contributed by atoms with Crippen LogP contribution in [0.2, 0.25) is 0 Å². The summed E-state index contributed by atoms with van der Waals surface area (Å²) in [5.74, 6) is 7.15. The lowest BCUT2D eigenvalue weighted by molar-refractivity contribution is 0.0779. The minimum absolute atomic E-state index is 0.196. The van der Waals surface area contributed by atoms with Gasteiger partial charge in [-0.2, -0.15) is 0 Å². The number of anilines is 1. The second kappa shape index (κ2) is 5.34. The number of hydrogen-bond acceptors (Lipinski definition) is 3. The number of hydrogen-bond donors (Lipinski definition) is 1. The molecule has 1 N–H and O–H groups in total. The molecule has 0 fully saturated rings. The van der Waals surface area contributed by atoms with E-state index in [4.69, 9.17) is 0 Å². The maximum atomic E-state index is 12.4. The Morgan fingerprint density at radius 1 is 1.32 bits per heavy atom. The van der Waals surface area contributed by atoms with Gasteiger partial charge in [-0.05, 0) is 30.5 Å². The van der Waals surface area contributed by atoms with Crippen LogP contribution in [0.3, 0.4) is 0 Å². The zero-order chi connectivity index (χ0) is 15.7. The molecule has 0 atom stereocenters. The number of Topliss-reactive ketones (excluding diaryl/α,β-unsaturated/α-hetero) is 1. The van der Waals surface area contributed by atoms with Gasteiger partial charge in [0.2, 0.25) is 0 Å². The summed E-state index contributed by atoms with van der Waals surface area (Å²) < 4.78 is 2.01. The molecule has 3 rings (SSSR count). The number of aromatic nitrogens is 2. The van der Waals surface area contributed by atoms with Crippen molar-refractivity contribution in [1.82, 2.24) is 9.55 Å². The van der Waals surface area contributed by atoms with Crippen molar-refractivity contribution < 1.29 is 4.79 Å². The number of ketones is 1. The molecule has 4 nitrogen and oxygen atoms in total. The maximum absolute atomic E-state index is 12.4. The Kier molecular flexibility index (Phi) is 3.50. The highest BCUT2D eigenvalue weighted by molar-refractivity contribution is 5.99. The van der Waals surface area contributed by atoms with Gasteiger partial charge in [0.25, 0.3) is 0 Å². The third kappa shape index (κ3) is 2.62. The Morgan fingerprint density at radius 2 is 2.14 bits per heavy atom. The predicted octanol–water partition coefficient (Wildman–Crippen LogP) is 2.94. The number of nitrogens with zero attached hydrogens (tertiary/aromatic N) is 2. The van der Waals surface area contributed by atoms with Gasteiger partial charge in [-0.3, -0.25) is 4.79 Å². The Hall–Kier alpha value is -2.54. The summed E-state index contributed by atoms with van der Waals surface area (Å²) in [6, 6.07) is 7.57. The first-order chi connectivity index (χ1) is 10.5. The third-order valence-electron chi connectivity index (χ3n) is 4.06. The van der Waals surface area contributed by atoms with Crippen LogP contribution in [0.4, 0.5) is 5.82 Å². The van der Waals surface area contributed by atoms with Crippen LogP contribution in [-0.4, -0.2) is 22.4 Å². The first-order valence-corrected chi connectivity index (χ1v) is 7.41. The van der Waals surface area contributed by atoms with Crippen molar-refractivity contribution in [2.75, 3.05) is 12.4 Å². The molecule has 0 unspecified atom stereocenters. The molecule has 0 amide bonds. The Labute approximate surface area is 130 Å². The van der Waals surface area contributed by atoms with Crippen LogP contribution in [0, 0.1) is 17.3 Å². The van der Waals surface area contributed by atoms with Gasteiger partial charge in [0.05, 0.1) is 5.69 Å². The molecule has 0 bridgehead atoms. The molecule has 0 saturated heterocycles. The number of carbonyl (C=O) groups excluding carboxylic acids is 1. The van der Waals surface area contributed by atoms with Gasteiger partial charge >= 0.3 is 0 Å². The van der Waals surface area contributed by atoms with Gasteiger partial charge in [0, 0.05) is 30.8 Å². The minimum Gasteiger partial charge on any atom is -0.373 e. The Morgan fingerprint density at radius 3 is 2.91 bits per heavy atom. The van der Waals surface area contributed by atoms with Crippen LogP contribution >= 0.6 is 0 Å². The van der Waals surface area contributed by atoms with Crippen LogP contribution in [0.15, 0.2) is 30.5 Å². The van der Waals surface area contributed by atoms with E-state index in [-0.39, 0.29) is 11.2 Å². The Balaban J connectivity index is 1.90. The molecular weight excluding hydrogens is 274 g/mol. The first kappa shape index (κ1) is 14.4. The quantitative estimate of drug-likeness (QED) is 0.822. The van der Waals surface area contributed by atoms with Gasteiger partial charge in [-0.25, -0.2) is 4.98 Å². The van der Waals surface area contributed by atoms with Crippen LogP contribution in [0.1, 0.15) is 42.0 Å². The van der Waals surface area contributed by atoms with E-state index in [1.165, 1.54) is 0 Å². The molecule has 1 aliphatic rings. The van der Waals surface area contributed by atoms with Crippen LogP contribution in [0.5, 0.6) is 0 Å². The summed E-state index contributed by atoms with van der Waals surface area (Å²) in [7, 11) is 1.83. The molecule has 0 radical (unpaired) electrons. The van der Waals surface area contributed by atoms with Gasteiger partial charge in [-0.15, -0.1) is 0 Å². The molecule has 2 aromatic rings. The highest BCUT2D eigenvalue weighted by Gasteiger charge is 2.34. The fourth-order valence-electron chi connectivity index (χ4n) is 2.59. The van der Waals surface area contributed by atoms with Crippen molar-refractivity contribution in [1.29, 1.82) is 0 Å². The normalized spacial score (nSPS) is 15.7. The average Bonchev–Trinajstić information content (AvgIpc) is 2.93. The third-order valence-corrected chi connectivity index (χ3v) is 4.06. The summed E-state index contributed by atoms with van der Waals surface area (Å²) in [5, 5.41) is 2.99. The van der Waals surface area contributed by atoms with E-state index in [9.17, 15) is 4.79 Å². The molecule has 1 aliphatic heterocycles. The zero-order valence-corrected chi connectivity index (χ0v) is 13.1. The monoisotopic (exact) mass is 293 g/mol. The molecule has 3 heterocycles. The summed E-state index contributed by atoms with van der Waals surface area (Å²) in [4.78, 5) is 16.8. The second-order valence-corrected chi connectivity index (χ2v) is 6.18. The van der Waals surface area contributed by atoms with E-state index < -0.39 is 0 Å². The topological polar surface area (TPSA) is 46.9 Å². The van der Waals surface area contributed by atoms with Crippen LogP contribution in [-0.2, 0) is 6.54 Å². The van der Waals surface area contributed by atoms with E-state index in [0.29, 0.717) is 5.69 Å². The van der Waals surface area contributed by atoms with E-state index in [0.717, 1.165) is 30.0 Å². The number of aryl methyl sites for hydroxylation is 1. The molecule has 0 aliphatic carbocycles. The largest absolute Gasteiger partial charge is 0.373 e. The highest BCUT2D eigenvalue weighted by atomic mass is 16.1. The van der Waals surface area contributed by atoms with E-state index in [1.54, 1.807) is 0 Å². The molecule has 2 aromatic heterocycles. The number of carbonyl (C=O) groups is 1. The van der Waals surface area contributed by atoms with Crippen molar-refractivity contribution in [2.24, 2.45) is 5.41 Å². The fourth-order valence-corrected chi connectivity index (χ4v) is 2.59. The molecule has 4 heteroatoms. The predicted molar refractivity (Wildman–Crippen MR) is 86.9 cm³/mol. The first-order valence-electron chi connectivity index (χ1n) is 7.41. The van der Waals surface area contributed by atoms with Crippen molar-refractivity contribution >= 4 is 11.6 Å². The van der Waals surface area contributed by atoms with Gasteiger partial charge < -0.3 is 9.88 Å². The van der Waals surface area contributed by atoms with Crippen molar-refractivity contribution in [2.45, 2.75) is 26.8 Å². The molecule has 0 aromatic carbocycles. The standard InChI is InChI=1S/C18H19N3O/c1-18(2)9-10-21-12-13(11-15(21)17(18)22)7-8-14-5-4-6-16(19-3)20-14/h4-6,11-12H,9-10H2,1-3H3,(H,19,20). The molecular formula is C18H19N3O. The van der Waals surface area contributed by atoms with Gasteiger partial charge in [0.15, 0.2) is 5.78 Å². The maximum Gasteiger partial charge on any atom is 0.184 e. The van der Waals surface area contributed by atoms with Gasteiger partial charge in [0.1, 0.15) is 11.5 Å². The van der Waals surface area contributed by atoms with E-state index >= 15 is 0 Å². The number of pyridine rings is 1. The minimum atomic E-state index is -0.276. The summed E-state index contributed by atoms with van der Waals surface area (Å²) in [6.07, 6.45) is 2.82. The van der Waals surface area contributed by atoms with Gasteiger partial charge in [-0.1, -0.05) is 25.8 Å². The molecule has 112 valence electrons. The SMILES string of the molecule is CNc1cccc(C#Cc2cc3n(c2)CCC(C)(C)C3=O)n1. The lowest BCUT2D eigenvalue weighted by Gasteiger charge is -2.29. The zero-order valence-electron chi connectivity index (χ0n) is 13.1. The van der Waals surface area contributed by atoms with Crippen molar-refractivity contribution in [3.05, 3.63) is 47.4 Å². The number of nitrogens with one attached hydrogen (secondary N) is 1. The number of rotatable bonds is 1. The van der Waals surface area contributed by atoms with E-state index in [2.05, 4.69) is 22.1 Å². The summed E-state index contributed by atoms with van der Waals surface area (Å²) in [5.41, 5.74) is 2.06. The van der Waals surface area contributed by atoms with Crippen molar-refractivity contribution in [3.8, 4) is 11.8 Å². The average molecular weight is 293 g/mol. The lowest BCUT2D eigenvalue weighted by atomic mass is 9.81. The van der Waals surface area contributed by atoms with Crippen molar-refractivity contribution in [3.63, 3.8) is 0 Å². The second-order valence-electron chi connectivity index (χ2n) is 6.18. The van der Waals surface area contributed by atoms with Crippen LogP contribution in [0.25, 0.3) is 0 Å². The highest BCUT2D eigenvalue weighted by Crippen LogP contribution is 2.32. The Bertz CT molecular complexity index is 790. The van der Waals surface area contributed by atoms with Crippen LogP contribution < -0.4 is 5.32 Å². The molecule has 0 spiro atoms. The molecule has 0 saturated carbocycles. The summed E-state index contributed by atoms with van der Waals surface area (Å²) >= 11 is 0. The smallest absolute Gasteiger partial charge is 0.184 e. The fraction of sp³-hybridized carbons (Fsp3) is 0.333.